The minimum Gasteiger partial charge on any atom is -0.337 e. The van der Waals surface area contributed by atoms with Crippen LogP contribution in [0.15, 0.2) is 12.5 Å². The largest absolute Gasteiger partial charge is 0.337 e. The van der Waals surface area contributed by atoms with Crippen LogP contribution in [0.25, 0.3) is 0 Å². The zero-order valence-corrected chi connectivity index (χ0v) is 9.27. The highest BCUT2D eigenvalue weighted by Crippen LogP contribution is 2.03. The third-order valence-electron chi connectivity index (χ3n) is 2.06. The maximum Gasteiger partial charge on any atom is 0.0945 e. The normalized spacial score (nSPS) is 13.2. The first kappa shape index (κ1) is 10.6. The van der Waals surface area contributed by atoms with E-state index < -0.39 is 0 Å². The Morgan fingerprint density at radius 1 is 1.69 bits per heavy atom. The second-order valence-corrected chi connectivity index (χ2v) is 4.45. The number of nitrogens with one attached hydrogen (secondary N) is 1. The fourth-order valence-corrected chi connectivity index (χ4v) is 1.33. The highest BCUT2D eigenvalue weighted by atomic mass is 32.2. The van der Waals surface area contributed by atoms with Gasteiger partial charge in [-0.1, -0.05) is 6.92 Å². The average Bonchev–Trinajstić information content (AvgIpc) is 2.52. The first-order chi connectivity index (χ1) is 6.24. The number of hydrogen-bond acceptors (Lipinski definition) is 3. The second kappa shape index (κ2) is 5.29. The van der Waals surface area contributed by atoms with Gasteiger partial charge < -0.3 is 9.88 Å². The van der Waals surface area contributed by atoms with E-state index in [2.05, 4.69) is 23.5 Å². The van der Waals surface area contributed by atoms with E-state index in [4.69, 9.17) is 0 Å². The highest BCUT2D eigenvalue weighted by Gasteiger charge is 2.00. The van der Waals surface area contributed by atoms with Crippen molar-refractivity contribution in [3.05, 3.63) is 18.2 Å². The van der Waals surface area contributed by atoms with Gasteiger partial charge in [-0.25, -0.2) is 4.98 Å². The summed E-state index contributed by atoms with van der Waals surface area (Å²) in [5.74, 6) is 0. The number of thioether (sulfide) groups is 1. The quantitative estimate of drug-likeness (QED) is 0.774. The Bertz CT molecular complexity index is 247. The molecule has 0 bridgehead atoms. The van der Waals surface area contributed by atoms with Crippen molar-refractivity contribution >= 4 is 11.8 Å². The van der Waals surface area contributed by atoms with Gasteiger partial charge in [0, 0.05) is 31.6 Å². The molecule has 3 nitrogen and oxygen atoms in total. The van der Waals surface area contributed by atoms with E-state index in [0.29, 0.717) is 5.25 Å². The fraction of sp³-hybridized carbons (Fsp3) is 0.667. The summed E-state index contributed by atoms with van der Waals surface area (Å²) in [6.45, 7) is 4.18. The lowest BCUT2D eigenvalue weighted by Gasteiger charge is -2.09. The van der Waals surface area contributed by atoms with E-state index in [-0.39, 0.29) is 0 Å². The fourth-order valence-electron chi connectivity index (χ4n) is 1.04. The smallest absolute Gasteiger partial charge is 0.0945 e. The first-order valence-corrected chi connectivity index (χ1v) is 5.71. The zero-order chi connectivity index (χ0) is 9.68. The van der Waals surface area contributed by atoms with Gasteiger partial charge in [0.2, 0.25) is 0 Å². The maximum atomic E-state index is 4.06. The lowest BCUT2D eigenvalue weighted by atomic mass is 10.4. The standard InChI is InChI=1S/C9H17N3S/c1-8(13-3)4-10-5-9-6-11-7-12(9)2/h6-8,10H,4-5H2,1-3H3. The van der Waals surface area contributed by atoms with E-state index in [1.165, 1.54) is 5.69 Å². The van der Waals surface area contributed by atoms with Crippen LogP contribution in [0.5, 0.6) is 0 Å². The van der Waals surface area contributed by atoms with Crippen molar-refractivity contribution in [1.82, 2.24) is 14.9 Å². The SMILES string of the molecule is CSC(C)CNCc1cncn1C. The number of aryl methyl sites for hydroxylation is 1. The summed E-state index contributed by atoms with van der Waals surface area (Å²) < 4.78 is 2.04. The number of rotatable bonds is 5. The topological polar surface area (TPSA) is 29.9 Å². The second-order valence-electron chi connectivity index (χ2n) is 3.17. The molecule has 0 aliphatic carbocycles. The van der Waals surface area contributed by atoms with Gasteiger partial charge in [-0.3, -0.25) is 0 Å². The Hall–Kier alpha value is -0.480. The molecule has 0 aliphatic heterocycles. The lowest BCUT2D eigenvalue weighted by molar-refractivity contribution is 0.651. The van der Waals surface area contributed by atoms with E-state index in [0.717, 1.165) is 13.1 Å². The van der Waals surface area contributed by atoms with Gasteiger partial charge in [-0.05, 0) is 6.26 Å². The summed E-state index contributed by atoms with van der Waals surface area (Å²) in [6, 6.07) is 0. The highest BCUT2D eigenvalue weighted by molar-refractivity contribution is 7.99. The summed E-state index contributed by atoms with van der Waals surface area (Å²) >= 11 is 1.88. The minimum atomic E-state index is 0.674. The molecular weight excluding hydrogens is 182 g/mol. The number of hydrogen-bond donors (Lipinski definition) is 1. The summed E-state index contributed by atoms with van der Waals surface area (Å²) in [5.41, 5.74) is 1.23. The third-order valence-corrected chi connectivity index (χ3v) is 3.03. The minimum absolute atomic E-state index is 0.674. The molecule has 0 radical (unpaired) electrons. The van der Waals surface area contributed by atoms with Gasteiger partial charge in [-0.2, -0.15) is 11.8 Å². The van der Waals surface area contributed by atoms with E-state index in [1.54, 1.807) is 0 Å². The third kappa shape index (κ3) is 3.40. The predicted molar refractivity (Wildman–Crippen MR) is 57.9 cm³/mol. The molecule has 1 N–H and O–H groups in total. The van der Waals surface area contributed by atoms with Crippen LogP contribution in [-0.2, 0) is 13.6 Å². The Morgan fingerprint density at radius 2 is 2.46 bits per heavy atom. The molecule has 1 aromatic rings. The van der Waals surface area contributed by atoms with Crippen molar-refractivity contribution in [1.29, 1.82) is 0 Å². The van der Waals surface area contributed by atoms with Crippen LogP contribution in [0.3, 0.4) is 0 Å². The molecule has 1 atom stereocenters. The van der Waals surface area contributed by atoms with Crippen molar-refractivity contribution in [2.75, 3.05) is 12.8 Å². The van der Waals surface area contributed by atoms with Crippen LogP contribution in [0, 0.1) is 0 Å². The van der Waals surface area contributed by atoms with Crippen LogP contribution >= 0.6 is 11.8 Å². The van der Waals surface area contributed by atoms with Crippen LogP contribution in [-0.4, -0.2) is 27.6 Å². The van der Waals surface area contributed by atoms with Gasteiger partial charge in [-0.15, -0.1) is 0 Å². The monoisotopic (exact) mass is 199 g/mol. The van der Waals surface area contributed by atoms with Gasteiger partial charge in [0.1, 0.15) is 0 Å². The molecule has 1 heterocycles. The summed E-state index contributed by atoms with van der Waals surface area (Å²) in [5, 5.41) is 4.07. The number of aromatic nitrogens is 2. The van der Waals surface area contributed by atoms with Crippen molar-refractivity contribution in [3.8, 4) is 0 Å². The lowest BCUT2D eigenvalue weighted by Crippen LogP contribution is -2.22. The molecule has 0 saturated carbocycles. The van der Waals surface area contributed by atoms with Crippen LogP contribution in [0.4, 0.5) is 0 Å². The Kier molecular flexibility index (Phi) is 4.32. The number of imidazole rings is 1. The molecule has 0 amide bonds. The van der Waals surface area contributed by atoms with Gasteiger partial charge >= 0.3 is 0 Å². The average molecular weight is 199 g/mol. The van der Waals surface area contributed by atoms with E-state index in [1.807, 2.05) is 35.9 Å². The molecule has 0 fully saturated rings. The van der Waals surface area contributed by atoms with E-state index in [9.17, 15) is 0 Å². The molecule has 0 spiro atoms. The van der Waals surface area contributed by atoms with Crippen LogP contribution < -0.4 is 5.32 Å². The Labute approximate surface area is 83.9 Å². The molecule has 1 aromatic heterocycles. The first-order valence-electron chi connectivity index (χ1n) is 4.42. The molecular formula is C9H17N3S. The zero-order valence-electron chi connectivity index (χ0n) is 8.45. The van der Waals surface area contributed by atoms with Crippen LogP contribution in [0.1, 0.15) is 12.6 Å². The predicted octanol–water partition coefficient (Wildman–Crippen LogP) is 1.26. The summed E-state index contributed by atoms with van der Waals surface area (Å²) in [6.07, 6.45) is 5.86. The van der Waals surface area contributed by atoms with Gasteiger partial charge in [0.15, 0.2) is 0 Å². The molecule has 0 saturated heterocycles. The Morgan fingerprint density at radius 3 is 3.00 bits per heavy atom. The molecule has 1 unspecified atom stereocenters. The summed E-state index contributed by atoms with van der Waals surface area (Å²) in [4.78, 5) is 4.06. The van der Waals surface area contributed by atoms with Crippen molar-refractivity contribution in [2.24, 2.45) is 7.05 Å². The van der Waals surface area contributed by atoms with Crippen molar-refractivity contribution in [2.45, 2.75) is 18.7 Å². The summed E-state index contributed by atoms with van der Waals surface area (Å²) in [7, 11) is 2.02. The molecule has 4 heteroatoms. The van der Waals surface area contributed by atoms with E-state index >= 15 is 0 Å². The van der Waals surface area contributed by atoms with Crippen molar-refractivity contribution in [3.63, 3.8) is 0 Å². The van der Waals surface area contributed by atoms with Crippen molar-refractivity contribution < 1.29 is 0 Å². The number of nitrogens with zero attached hydrogens (tertiary/aromatic N) is 2. The molecule has 13 heavy (non-hydrogen) atoms. The molecule has 0 aromatic carbocycles. The van der Waals surface area contributed by atoms with Gasteiger partial charge in [0.25, 0.3) is 0 Å². The Balaban J connectivity index is 2.24. The molecule has 0 aliphatic rings. The molecule has 1 rings (SSSR count). The van der Waals surface area contributed by atoms with Gasteiger partial charge in [0.05, 0.1) is 12.0 Å². The maximum absolute atomic E-state index is 4.06. The van der Waals surface area contributed by atoms with Crippen LogP contribution in [0.2, 0.25) is 0 Å². The molecule has 74 valence electrons.